The van der Waals surface area contributed by atoms with Gasteiger partial charge in [0.1, 0.15) is 18.1 Å². The molecule has 1 atom stereocenters. The Labute approximate surface area is 222 Å². The number of rotatable bonds is 10. The third kappa shape index (κ3) is 6.94. The molecule has 4 N–H and O–H groups in total. The third-order valence-electron chi connectivity index (χ3n) is 5.85. The van der Waals surface area contributed by atoms with Gasteiger partial charge in [0, 0.05) is 28.2 Å². The van der Waals surface area contributed by atoms with E-state index >= 15 is 0 Å². The predicted octanol–water partition coefficient (Wildman–Crippen LogP) is 4.06. The van der Waals surface area contributed by atoms with E-state index in [-0.39, 0.29) is 31.8 Å². The van der Waals surface area contributed by atoms with Crippen molar-refractivity contribution in [1.82, 2.24) is 10.3 Å². The van der Waals surface area contributed by atoms with Crippen LogP contribution in [-0.4, -0.2) is 53.1 Å². The maximum Gasteiger partial charge on any atom is 0.255 e. The molecule has 0 aliphatic rings. The Morgan fingerprint density at radius 1 is 1.00 bits per heavy atom. The van der Waals surface area contributed by atoms with Crippen LogP contribution in [0.5, 0.6) is 11.5 Å². The molecule has 196 valence electrons. The molecule has 4 aromatic rings. The van der Waals surface area contributed by atoms with Crippen LogP contribution < -0.4 is 14.8 Å². The number of ether oxygens (including phenoxy) is 2. The number of hydrogen-bond acceptors (Lipinski definition) is 5. The van der Waals surface area contributed by atoms with Gasteiger partial charge < -0.3 is 30.0 Å². The summed E-state index contributed by atoms with van der Waals surface area (Å²) in [5.41, 5.74) is 3.83. The van der Waals surface area contributed by atoms with Gasteiger partial charge in [-0.3, -0.25) is 4.79 Å². The Bertz CT molecular complexity index is 1430. The lowest BCUT2D eigenvalue weighted by Crippen LogP contribution is -2.39. The first-order chi connectivity index (χ1) is 18.5. The Morgan fingerprint density at radius 2 is 1.74 bits per heavy atom. The summed E-state index contributed by atoms with van der Waals surface area (Å²) in [4.78, 5) is 16.6. The maximum absolute atomic E-state index is 13.4. The summed E-state index contributed by atoms with van der Waals surface area (Å²) in [6.07, 6.45) is 2.27. The average Bonchev–Trinajstić information content (AvgIpc) is 3.33. The SMILES string of the molecule is CC(C)Oc1ccc(C#Cc2ccc(OCCO)cc2)cc1C(=O)N[C@@H](CO)Cc1c[nH]c2ccccc12. The smallest absolute Gasteiger partial charge is 0.255 e. The number of nitrogens with one attached hydrogen (secondary N) is 2. The fraction of sp³-hybridized carbons (Fsp3) is 0.258. The van der Waals surface area contributed by atoms with E-state index in [1.807, 2.05) is 62.5 Å². The quantitative estimate of drug-likeness (QED) is 0.240. The number of carbonyl (C=O) groups is 1. The zero-order valence-corrected chi connectivity index (χ0v) is 21.5. The van der Waals surface area contributed by atoms with Crippen LogP contribution in [0.15, 0.2) is 72.9 Å². The number of aromatic nitrogens is 1. The molecule has 0 bridgehead atoms. The molecule has 1 heterocycles. The van der Waals surface area contributed by atoms with Gasteiger partial charge in [-0.2, -0.15) is 0 Å². The lowest BCUT2D eigenvalue weighted by atomic mass is 10.0. The molecule has 0 fully saturated rings. The molecule has 0 aliphatic carbocycles. The van der Waals surface area contributed by atoms with E-state index in [2.05, 4.69) is 22.1 Å². The summed E-state index contributed by atoms with van der Waals surface area (Å²) in [5, 5.41) is 22.9. The van der Waals surface area contributed by atoms with Crippen molar-refractivity contribution in [3.8, 4) is 23.3 Å². The highest BCUT2D eigenvalue weighted by atomic mass is 16.5. The van der Waals surface area contributed by atoms with Crippen molar-refractivity contribution in [1.29, 1.82) is 0 Å². The van der Waals surface area contributed by atoms with E-state index in [4.69, 9.17) is 14.6 Å². The Balaban J connectivity index is 1.53. The second-order valence-corrected chi connectivity index (χ2v) is 9.14. The van der Waals surface area contributed by atoms with Gasteiger partial charge in [-0.1, -0.05) is 30.0 Å². The first-order valence-corrected chi connectivity index (χ1v) is 12.6. The Hall–Kier alpha value is -4.25. The molecule has 1 aromatic heterocycles. The molecule has 0 saturated heterocycles. The molecule has 0 saturated carbocycles. The van der Waals surface area contributed by atoms with Crippen LogP contribution >= 0.6 is 0 Å². The summed E-state index contributed by atoms with van der Waals surface area (Å²) < 4.78 is 11.3. The lowest BCUT2D eigenvalue weighted by molar-refractivity contribution is 0.0910. The summed E-state index contributed by atoms with van der Waals surface area (Å²) in [7, 11) is 0. The molecule has 3 aromatic carbocycles. The number of hydrogen-bond donors (Lipinski definition) is 4. The monoisotopic (exact) mass is 512 g/mol. The molecule has 0 spiro atoms. The van der Waals surface area contributed by atoms with Gasteiger partial charge in [-0.05, 0) is 74.4 Å². The largest absolute Gasteiger partial charge is 0.491 e. The van der Waals surface area contributed by atoms with Gasteiger partial charge >= 0.3 is 0 Å². The number of aliphatic hydroxyl groups excluding tert-OH is 2. The van der Waals surface area contributed by atoms with Crippen LogP contribution in [0.25, 0.3) is 10.9 Å². The zero-order valence-electron chi connectivity index (χ0n) is 21.5. The second-order valence-electron chi connectivity index (χ2n) is 9.14. The Kier molecular flexibility index (Phi) is 9.04. The molecule has 7 heteroatoms. The third-order valence-corrected chi connectivity index (χ3v) is 5.85. The van der Waals surface area contributed by atoms with E-state index in [1.54, 1.807) is 24.3 Å². The highest BCUT2D eigenvalue weighted by Crippen LogP contribution is 2.23. The fourth-order valence-corrected chi connectivity index (χ4v) is 4.07. The number of aliphatic hydroxyl groups is 2. The van der Waals surface area contributed by atoms with E-state index in [0.29, 0.717) is 29.0 Å². The topological polar surface area (TPSA) is 104 Å². The predicted molar refractivity (Wildman–Crippen MR) is 148 cm³/mol. The molecule has 38 heavy (non-hydrogen) atoms. The highest BCUT2D eigenvalue weighted by Gasteiger charge is 2.19. The Morgan fingerprint density at radius 3 is 2.47 bits per heavy atom. The van der Waals surface area contributed by atoms with Crippen LogP contribution in [0.2, 0.25) is 0 Å². The van der Waals surface area contributed by atoms with Gasteiger partial charge in [0.15, 0.2) is 0 Å². The van der Waals surface area contributed by atoms with E-state index in [9.17, 15) is 9.90 Å². The van der Waals surface area contributed by atoms with Crippen LogP contribution in [0.4, 0.5) is 0 Å². The summed E-state index contributed by atoms with van der Waals surface area (Å²) in [6, 6.07) is 20.0. The molecule has 7 nitrogen and oxygen atoms in total. The van der Waals surface area contributed by atoms with Crippen molar-refractivity contribution in [2.24, 2.45) is 0 Å². The number of benzene rings is 3. The minimum atomic E-state index is -0.477. The summed E-state index contributed by atoms with van der Waals surface area (Å²) >= 11 is 0. The number of aromatic amines is 1. The standard InChI is InChI=1S/C31H32N2O5/c1-21(2)38-30-14-11-23(8-7-22-9-12-26(13-10-22)37-16-15-34)17-28(30)31(36)33-25(20-35)18-24-19-32-29-6-4-3-5-27(24)29/h3-6,9-14,17,19,21,25,32,34-35H,15-16,18,20H2,1-2H3,(H,33,36)/t25-/m1/s1. The summed E-state index contributed by atoms with van der Waals surface area (Å²) in [5.74, 6) is 6.98. The molecular formula is C31H32N2O5. The van der Waals surface area contributed by atoms with E-state index in [1.165, 1.54) is 0 Å². The van der Waals surface area contributed by atoms with Crippen molar-refractivity contribution in [3.63, 3.8) is 0 Å². The fourth-order valence-electron chi connectivity index (χ4n) is 4.07. The summed E-state index contributed by atoms with van der Waals surface area (Å²) in [6.45, 7) is 3.78. The van der Waals surface area contributed by atoms with Crippen molar-refractivity contribution in [2.45, 2.75) is 32.4 Å². The number of carbonyl (C=O) groups excluding carboxylic acids is 1. The molecule has 0 aliphatic heterocycles. The molecular weight excluding hydrogens is 480 g/mol. The molecule has 0 radical (unpaired) electrons. The van der Waals surface area contributed by atoms with Gasteiger partial charge in [0.05, 0.1) is 30.9 Å². The first kappa shape index (κ1) is 26.8. The van der Waals surface area contributed by atoms with Crippen molar-refractivity contribution >= 4 is 16.8 Å². The molecule has 1 amide bonds. The highest BCUT2D eigenvalue weighted by molar-refractivity contribution is 5.97. The van der Waals surface area contributed by atoms with Crippen LogP contribution in [-0.2, 0) is 6.42 Å². The lowest BCUT2D eigenvalue weighted by Gasteiger charge is -2.19. The van der Waals surface area contributed by atoms with E-state index < -0.39 is 6.04 Å². The van der Waals surface area contributed by atoms with Gasteiger partial charge in [0.25, 0.3) is 5.91 Å². The number of H-pyrrole nitrogens is 1. The van der Waals surface area contributed by atoms with Crippen LogP contribution in [0.1, 0.15) is 40.9 Å². The second kappa shape index (κ2) is 12.8. The minimum absolute atomic E-state index is 0.0456. The van der Waals surface area contributed by atoms with Crippen molar-refractivity contribution < 1.29 is 24.5 Å². The maximum atomic E-state index is 13.4. The van der Waals surface area contributed by atoms with Gasteiger partial charge in [-0.15, -0.1) is 0 Å². The minimum Gasteiger partial charge on any atom is -0.491 e. The zero-order chi connectivity index (χ0) is 26.9. The molecule has 4 rings (SSSR count). The normalized spacial score (nSPS) is 11.6. The van der Waals surface area contributed by atoms with Crippen molar-refractivity contribution in [3.05, 3.63) is 95.2 Å². The first-order valence-electron chi connectivity index (χ1n) is 12.6. The number of para-hydroxylation sites is 1. The van der Waals surface area contributed by atoms with E-state index in [0.717, 1.165) is 22.0 Å². The van der Waals surface area contributed by atoms with Gasteiger partial charge in [0.2, 0.25) is 0 Å². The van der Waals surface area contributed by atoms with Crippen molar-refractivity contribution in [2.75, 3.05) is 19.8 Å². The van der Waals surface area contributed by atoms with Crippen LogP contribution in [0.3, 0.4) is 0 Å². The molecule has 0 unspecified atom stereocenters. The van der Waals surface area contributed by atoms with Crippen LogP contribution in [0, 0.1) is 11.8 Å². The average molecular weight is 513 g/mol. The van der Waals surface area contributed by atoms with Gasteiger partial charge in [-0.25, -0.2) is 0 Å². The number of amides is 1. The number of fused-ring (bicyclic) bond motifs is 1.